The molecule has 2 heterocycles. The van der Waals surface area contributed by atoms with Crippen LogP contribution >= 0.6 is 11.6 Å². The minimum atomic E-state index is -3.75. The van der Waals surface area contributed by atoms with Crippen LogP contribution in [0.5, 0.6) is 0 Å². The molecule has 156 valence electrons. The molecule has 9 heteroatoms. The van der Waals surface area contributed by atoms with Crippen molar-refractivity contribution in [2.75, 3.05) is 11.1 Å². The van der Waals surface area contributed by atoms with Crippen molar-refractivity contribution < 1.29 is 13.2 Å². The molecule has 0 unspecified atom stereocenters. The van der Waals surface area contributed by atoms with Gasteiger partial charge in [0.1, 0.15) is 11.6 Å². The van der Waals surface area contributed by atoms with Crippen LogP contribution in [0.1, 0.15) is 25.1 Å². The quantitative estimate of drug-likeness (QED) is 0.647. The van der Waals surface area contributed by atoms with Crippen molar-refractivity contribution in [2.24, 2.45) is 0 Å². The first kappa shape index (κ1) is 20.6. The van der Waals surface area contributed by atoms with E-state index < -0.39 is 21.5 Å². The van der Waals surface area contributed by atoms with E-state index in [2.05, 4.69) is 20.1 Å². The monoisotopic (exact) mass is 444 g/mol. The van der Waals surface area contributed by atoms with Gasteiger partial charge in [-0.15, -0.1) is 10.2 Å². The van der Waals surface area contributed by atoms with E-state index in [1.54, 1.807) is 12.1 Å². The Labute approximate surface area is 180 Å². The van der Waals surface area contributed by atoms with Gasteiger partial charge in [0.05, 0.1) is 4.90 Å². The Hall–Kier alpha value is -2.71. The third-order valence-corrected chi connectivity index (χ3v) is 6.91. The Morgan fingerprint density at radius 2 is 1.73 bits per heavy atom. The number of anilines is 1. The number of rotatable bonds is 5. The maximum Gasteiger partial charge on any atom is 0.239 e. The maximum absolute atomic E-state index is 12.4. The number of carbonyl (C=O) groups is 1. The number of nitrogens with zero attached hydrogens (tertiary/aromatic N) is 3. The van der Waals surface area contributed by atoms with Crippen molar-refractivity contribution in [1.29, 1.82) is 0 Å². The Bertz CT molecular complexity index is 1160. The van der Waals surface area contributed by atoms with Crippen LogP contribution in [0, 0.1) is 0 Å². The van der Waals surface area contributed by atoms with E-state index in [4.69, 9.17) is 11.6 Å². The molecule has 1 amide bonds. The molecule has 0 radical (unpaired) electrons. The highest BCUT2D eigenvalue weighted by Crippen LogP contribution is 2.24. The van der Waals surface area contributed by atoms with Gasteiger partial charge in [0.2, 0.25) is 5.91 Å². The third kappa shape index (κ3) is 4.55. The average molecular weight is 445 g/mol. The van der Waals surface area contributed by atoms with Gasteiger partial charge in [-0.25, -0.2) is 8.42 Å². The Balaban J connectivity index is 1.44. The molecule has 1 N–H and O–H groups in total. The molecule has 1 aliphatic heterocycles. The topological polar surface area (TPSA) is 93.9 Å². The van der Waals surface area contributed by atoms with Crippen molar-refractivity contribution >= 4 is 33.0 Å². The zero-order valence-corrected chi connectivity index (χ0v) is 17.8. The molecule has 30 heavy (non-hydrogen) atoms. The SMILES string of the molecule is O=C(CS(=O)(=O)c1ccc(Cl)cc1)Nc1ccc(-c2nnc3n2CCCCC3)cc1. The lowest BCUT2D eigenvalue weighted by Gasteiger charge is -2.09. The largest absolute Gasteiger partial charge is 0.325 e. The summed E-state index contributed by atoms with van der Waals surface area (Å²) in [6.07, 6.45) is 4.35. The van der Waals surface area contributed by atoms with Gasteiger partial charge >= 0.3 is 0 Å². The average Bonchev–Trinajstić information content (AvgIpc) is 2.96. The van der Waals surface area contributed by atoms with Gasteiger partial charge in [0, 0.05) is 29.2 Å². The number of halogens is 1. The number of aromatic nitrogens is 3. The number of aryl methyl sites for hydroxylation is 1. The summed E-state index contributed by atoms with van der Waals surface area (Å²) in [6, 6.07) is 12.9. The first-order chi connectivity index (χ1) is 14.4. The third-order valence-electron chi connectivity index (χ3n) is 5.03. The number of hydrogen-bond acceptors (Lipinski definition) is 5. The van der Waals surface area contributed by atoms with E-state index in [0.29, 0.717) is 10.7 Å². The number of hydrogen-bond donors (Lipinski definition) is 1. The molecule has 7 nitrogen and oxygen atoms in total. The van der Waals surface area contributed by atoms with E-state index in [9.17, 15) is 13.2 Å². The fourth-order valence-corrected chi connectivity index (χ4v) is 4.76. The number of fused-ring (bicyclic) bond motifs is 1. The van der Waals surface area contributed by atoms with Crippen molar-refractivity contribution in [3.8, 4) is 11.4 Å². The molecule has 1 aromatic heterocycles. The lowest BCUT2D eigenvalue weighted by molar-refractivity contribution is -0.113. The number of nitrogens with one attached hydrogen (secondary N) is 1. The molecule has 0 atom stereocenters. The summed E-state index contributed by atoms with van der Waals surface area (Å²) in [6.45, 7) is 0.901. The summed E-state index contributed by atoms with van der Waals surface area (Å²) in [7, 11) is -3.75. The molecule has 1 aliphatic rings. The molecular weight excluding hydrogens is 424 g/mol. The fourth-order valence-electron chi connectivity index (χ4n) is 3.50. The molecule has 0 saturated carbocycles. The molecule has 4 rings (SSSR count). The van der Waals surface area contributed by atoms with Crippen LogP contribution < -0.4 is 5.32 Å². The number of carbonyl (C=O) groups excluding carboxylic acids is 1. The summed E-state index contributed by atoms with van der Waals surface area (Å²) >= 11 is 5.79. The van der Waals surface area contributed by atoms with Gasteiger partial charge in [-0.2, -0.15) is 0 Å². The summed E-state index contributed by atoms with van der Waals surface area (Å²) < 4.78 is 26.9. The Morgan fingerprint density at radius 1 is 1.00 bits per heavy atom. The van der Waals surface area contributed by atoms with Gasteiger partial charge in [0.25, 0.3) is 0 Å². The lowest BCUT2D eigenvalue weighted by atomic mass is 10.2. The molecule has 0 spiro atoms. The van der Waals surface area contributed by atoms with Crippen LogP contribution in [0.4, 0.5) is 5.69 Å². The normalized spacial score (nSPS) is 14.0. The van der Waals surface area contributed by atoms with Gasteiger partial charge in [0.15, 0.2) is 15.7 Å². The molecule has 2 aromatic carbocycles. The van der Waals surface area contributed by atoms with Crippen LogP contribution in [0.15, 0.2) is 53.4 Å². The second-order valence-corrected chi connectivity index (χ2v) is 9.67. The number of sulfone groups is 1. The fraction of sp³-hybridized carbons (Fsp3) is 0.286. The molecule has 3 aromatic rings. The Kier molecular flexibility index (Phi) is 5.87. The predicted molar refractivity (Wildman–Crippen MR) is 115 cm³/mol. The van der Waals surface area contributed by atoms with Gasteiger partial charge in [-0.3, -0.25) is 4.79 Å². The van der Waals surface area contributed by atoms with Crippen LogP contribution in [0.25, 0.3) is 11.4 Å². The van der Waals surface area contributed by atoms with Crippen LogP contribution in [-0.2, 0) is 27.6 Å². The van der Waals surface area contributed by atoms with Crippen molar-refractivity contribution in [3.05, 3.63) is 59.4 Å². The predicted octanol–water partition coefficient (Wildman–Crippen LogP) is 3.74. The van der Waals surface area contributed by atoms with Crippen LogP contribution in [0.2, 0.25) is 5.02 Å². The Morgan fingerprint density at radius 3 is 2.47 bits per heavy atom. The zero-order valence-electron chi connectivity index (χ0n) is 16.2. The van der Waals surface area contributed by atoms with Crippen molar-refractivity contribution in [2.45, 2.75) is 37.1 Å². The minimum absolute atomic E-state index is 0.0601. The van der Waals surface area contributed by atoms with Crippen molar-refractivity contribution in [1.82, 2.24) is 14.8 Å². The highest BCUT2D eigenvalue weighted by Gasteiger charge is 2.20. The molecule has 0 fully saturated rings. The lowest BCUT2D eigenvalue weighted by Crippen LogP contribution is -2.23. The van der Waals surface area contributed by atoms with Crippen molar-refractivity contribution in [3.63, 3.8) is 0 Å². The molecule has 0 bridgehead atoms. The molecule has 0 aliphatic carbocycles. The van der Waals surface area contributed by atoms with E-state index >= 15 is 0 Å². The summed E-state index contributed by atoms with van der Waals surface area (Å²) in [5, 5.41) is 11.7. The van der Waals surface area contributed by atoms with E-state index in [-0.39, 0.29) is 4.90 Å². The van der Waals surface area contributed by atoms with Crippen LogP contribution in [-0.4, -0.2) is 34.8 Å². The second-order valence-electron chi connectivity index (χ2n) is 7.24. The first-order valence-corrected chi connectivity index (χ1v) is 11.8. The summed E-state index contributed by atoms with van der Waals surface area (Å²) in [4.78, 5) is 12.3. The van der Waals surface area contributed by atoms with Gasteiger partial charge in [-0.05, 0) is 61.4 Å². The van der Waals surface area contributed by atoms with Gasteiger partial charge in [-0.1, -0.05) is 18.0 Å². The van der Waals surface area contributed by atoms with Gasteiger partial charge < -0.3 is 9.88 Å². The van der Waals surface area contributed by atoms with E-state index in [1.165, 1.54) is 30.7 Å². The second kappa shape index (κ2) is 8.57. The maximum atomic E-state index is 12.4. The van der Waals surface area contributed by atoms with Crippen LogP contribution in [0.3, 0.4) is 0 Å². The highest BCUT2D eigenvalue weighted by molar-refractivity contribution is 7.92. The smallest absolute Gasteiger partial charge is 0.239 e. The van der Waals surface area contributed by atoms with E-state index in [0.717, 1.165) is 43.0 Å². The van der Waals surface area contributed by atoms with E-state index in [1.807, 2.05) is 12.1 Å². The molecule has 0 saturated heterocycles. The minimum Gasteiger partial charge on any atom is -0.325 e. The molecular formula is C21H21ClN4O3S. The zero-order chi connectivity index (χ0) is 21.1. The standard InChI is InChI=1S/C21H21ClN4O3S/c22-16-7-11-18(12-8-16)30(28,29)14-20(27)23-17-9-5-15(6-10-17)21-25-24-19-4-2-1-3-13-26(19)21/h5-12H,1-4,13-14H2,(H,23,27). The number of amides is 1. The number of benzene rings is 2. The summed E-state index contributed by atoms with van der Waals surface area (Å²) in [5.41, 5.74) is 1.42. The first-order valence-electron chi connectivity index (χ1n) is 9.73. The highest BCUT2D eigenvalue weighted by atomic mass is 35.5. The summed E-state index contributed by atoms with van der Waals surface area (Å²) in [5.74, 6) is 0.574.